The molecule has 2 heteroatoms. The van der Waals surface area contributed by atoms with E-state index in [1.165, 1.54) is 24.0 Å². The van der Waals surface area contributed by atoms with Crippen LogP contribution in [-0.4, -0.2) is 28.7 Å². The lowest BCUT2D eigenvalue weighted by atomic mass is 9.97. The molecule has 0 amide bonds. The second-order valence-electron chi connectivity index (χ2n) is 5.20. The minimum Gasteiger partial charge on any atom is -0.392 e. The number of aliphatic hydroxyl groups is 1. The van der Waals surface area contributed by atoms with E-state index in [-0.39, 0.29) is 6.10 Å². The number of nitrogens with zero attached hydrogens (tertiary/aromatic N) is 1. The fraction of sp³-hybridized carbons (Fsp3) is 0.600. The molecule has 0 aliphatic carbocycles. The van der Waals surface area contributed by atoms with Gasteiger partial charge in [0.2, 0.25) is 0 Å². The Bertz CT molecular complexity index is 362. The average Bonchev–Trinajstić information content (AvgIpc) is 2.32. The van der Waals surface area contributed by atoms with Crippen LogP contribution in [0.15, 0.2) is 24.3 Å². The maximum atomic E-state index is 9.85. The second-order valence-corrected chi connectivity index (χ2v) is 5.20. The summed E-state index contributed by atoms with van der Waals surface area (Å²) in [5.41, 5.74) is 2.74. The molecule has 2 atom stereocenters. The molecule has 1 fully saturated rings. The lowest BCUT2D eigenvalue weighted by Gasteiger charge is -2.37. The molecule has 2 nitrogen and oxygen atoms in total. The molecule has 0 saturated carbocycles. The van der Waals surface area contributed by atoms with Crippen LogP contribution in [0.5, 0.6) is 0 Å². The van der Waals surface area contributed by atoms with Crippen molar-refractivity contribution < 1.29 is 5.11 Å². The number of aliphatic hydroxyl groups excluding tert-OH is 1. The highest BCUT2D eigenvalue weighted by Gasteiger charge is 2.26. The molecule has 0 bridgehead atoms. The van der Waals surface area contributed by atoms with E-state index in [1.54, 1.807) is 0 Å². The van der Waals surface area contributed by atoms with Crippen molar-refractivity contribution in [2.75, 3.05) is 6.54 Å². The lowest BCUT2D eigenvalue weighted by Crippen LogP contribution is -2.45. The smallest absolute Gasteiger partial charge is 0.0667 e. The van der Waals surface area contributed by atoms with Crippen LogP contribution in [0.1, 0.15) is 37.3 Å². The van der Waals surface area contributed by atoms with E-state index < -0.39 is 0 Å². The molecule has 17 heavy (non-hydrogen) atoms. The molecular formula is C15H23NO. The van der Waals surface area contributed by atoms with Gasteiger partial charge in [-0.15, -0.1) is 0 Å². The Kier molecular flexibility index (Phi) is 4.19. The third-order valence-corrected chi connectivity index (χ3v) is 3.86. The quantitative estimate of drug-likeness (QED) is 0.867. The van der Waals surface area contributed by atoms with Crippen LogP contribution in [0.25, 0.3) is 0 Å². The van der Waals surface area contributed by atoms with Crippen LogP contribution in [0.2, 0.25) is 0 Å². The topological polar surface area (TPSA) is 23.5 Å². The Morgan fingerprint density at radius 1 is 1.35 bits per heavy atom. The number of hydrogen-bond acceptors (Lipinski definition) is 2. The molecule has 1 aliphatic heterocycles. The predicted octanol–water partition coefficient (Wildman–Crippen LogP) is 2.73. The number of hydrogen-bond donors (Lipinski definition) is 1. The molecule has 0 radical (unpaired) electrons. The Hall–Kier alpha value is -0.860. The summed E-state index contributed by atoms with van der Waals surface area (Å²) in [6.07, 6.45) is 3.41. The van der Waals surface area contributed by atoms with Gasteiger partial charge in [0.1, 0.15) is 0 Å². The first-order chi connectivity index (χ1) is 8.18. The molecule has 1 aromatic carbocycles. The van der Waals surface area contributed by atoms with Crippen molar-refractivity contribution in [1.29, 1.82) is 0 Å². The molecule has 2 unspecified atom stereocenters. The molecule has 1 saturated heterocycles. The predicted molar refractivity (Wildman–Crippen MR) is 70.9 cm³/mol. The van der Waals surface area contributed by atoms with Crippen molar-refractivity contribution in [3.05, 3.63) is 35.4 Å². The zero-order chi connectivity index (χ0) is 12.3. The van der Waals surface area contributed by atoms with Gasteiger partial charge in [-0.3, -0.25) is 4.90 Å². The zero-order valence-electron chi connectivity index (χ0n) is 10.9. The van der Waals surface area contributed by atoms with Gasteiger partial charge in [0.15, 0.2) is 0 Å². The molecule has 0 aromatic heterocycles. The normalized spacial score (nSPS) is 23.6. The van der Waals surface area contributed by atoms with Crippen molar-refractivity contribution in [3.8, 4) is 0 Å². The molecule has 1 N–H and O–H groups in total. The van der Waals surface area contributed by atoms with Crippen molar-refractivity contribution in [1.82, 2.24) is 4.90 Å². The SMILES string of the molecule is Cc1ccccc1CN1CCCCC1C(C)O. The summed E-state index contributed by atoms with van der Waals surface area (Å²) in [5, 5.41) is 9.85. The van der Waals surface area contributed by atoms with Gasteiger partial charge in [-0.1, -0.05) is 30.7 Å². The van der Waals surface area contributed by atoms with Crippen LogP contribution in [0, 0.1) is 6.92 Å². The standard InChI is InChI=1S/C15H23NO/c1-12-7-3-4-8-14(12)11-16-10-6-5-9-15(16)13(2)17/h3-4,7-8,13,15,17H,5-6,9-11H2,1-2H3. The first-order valence-corrected chi connectivity index (χ1v) is 6.65. The van der Waals surface area contributed by atoms with Crippen LogP contribution in [0.3, 0.4) is 0 Å². The van der Waals surface area contributed by atoms with Crippen LogP contribution < -0.4 is 0 Å². The zero-order valence-corrected chi connectivity index (χ0v) is 10.9. The molecule has 1 heterocycles. The Morgan fingerprint density at radius 3 is 2.82 bits per heavy atom. The minimum absolute atomic E-state index is 0.223. The van der Waals surface area contributed by atoms with E-state index in [1.807, 2.05) is 6.92 Å². The maximum Gasteiger partial charge on any atom is 0.0667 e. The Morgan fingerprint density at radius 2 is 2.12 bits per heavy atom. The summed E-state index contributed by atoms with van der Waals surface area (Å²) >= 11 is 0. The first kappa shape index (κ1) is 12.6. The van der Waals surface area contributed by atoms with Gasteiger partial charge < -0.3 is 5.11 Å². The van der Waals surface area contributed by atoms with E-state index >= 15 is 0 Å². The summed E-state index contributed by atoms with van der Waals surface area (Å²) < 4.78 is 0. The molecule has 2 rings (SSSR count). The maximum absolute atomic E-state index is 9.85. The highest BCUT2D eigenvalue weighted by molar-refractivity contribution is 5.25. The summed E-state index contributed by atoms with van der Waals surface area (Å²) in [7, 11) is 0. The molecule has 1 aliphatic rings. The van der Waals surface area contributed by atoms with Crippen molar-refractivity contribution in [2.45, 2.75) is 51.8 Å². The van der Waals surface area contributed by atoms with E-state index in [4.69, 9.17) is 0 Å². The van der Waals surface area contributed by atoms with Gasteiger partial charge in [0, 0.05) is 12.6 Å². The second kappa shape index (κ2) is 5.65. The first-order valence-electron chi connectivity index (χ1n) is 6.65. The van der Waals surface area contributed by atoms with Gasteiger partial charge in [-0.2, -0.15) is 0 Å². The molecule has 1 aromatic rings. The number of benzene rings is 1. The van der Waals surface area contributed by atoms with Crippen molar-refractivity contribution in [2.24, 2.45) is 0 Å². The van der Waals surface area contributed by atoms with Gasteiger partial charge in [0.25, 0.3) is 0 Å². The number of aryl methyl sites for hydroxylation is 1. The highest BCUT2D eigenvalue weighted by Crippen LogP contribution is 2.22. The van der Waals surface area contributed by atoms with Gasteiger partial charge >= 0.3 is 0 Å². The average molecular weight is 233 g/mol. The Labute approximate surface area is 104 Å². The number of likely N-dealkylation sites (tertiary alicyclic amines) is 1. The van der Waals surface area contributed by atoms with Crippen molar-refractivity contribution in [3.63, 3.8) is 0 Å². The number of piperidine rings is 1. The van der Waals surface area contributed by atoms with Crippen LogP contribution in [-0.2, 0) is 6.54 Å². The van der Waals surface area contributed by atoms with E-state index in [9.17, 15) is 5.11 Å². The van der Waals surface area contributed by atoms with Gasteiger partial charge in [-0.05, 0) is 44.4 Å². The third kappa shape index (κ3) is 3.08. The fourth-order valence-corrected chi connectivity index (χ4v) is 2.77. The summed E-state index contributed by atoms with van der Waals surface area (Å²) in [6.45, 7) is 6.17. The number of rotatable bonds is 3. The van der Waals surface area contributed by atoms with Crippen LogP contribution >= 0.6 is 0 Å². The van der Waals surface area contributed by atoms with E-state index in [0.29, 0.717) is 6.04 Å². The summed E-state index contributed by atoms with van der Waals surface area (Å²) in [6, 6.07) is 8.88. The van der Waals surface area contributed by atoms with Crippen molar-refractivity contribution >= 4 is 0 Å². The van der Waals surface area contributed by atoms with Gasteiger partial charge in [-0.25, -0.2) is 0 Å². The molecule has 0 spiro atoms. The third-order valence-electron chi connectivity index (χ3n) is 3.86. The Balaban J connectivity index is 2.08. The van der Waals surface area contributed by atoms with Crippen LogP contribution in [0.4, 0.5) is 0 Å². The largest absolute Gasteiger partial charge is 0.392 e. The van der Waals surface area contributed by atoms with Gasteiger partial charge in [0.05, 0.1) is 6.10 Å². The summed E-state index contributed by atoms with van der Waals surface area (Å²) in [4.78, 5) is 2.44. The lowest BCUT2D eigenvalue weighted by molar-refractivity contribution is 0.0316. The van der Waals surface area contributed by atoms with E-state index in [2.05, 4.69) is 36.1 Å². The minimum atomic E-state index is -0.223. The fourth-order valence-electron chi connectivity index (χ4n) is 2.77. The highest BCUT2D eigenvalue weighted by atomic mass is 16.3. The van der Waals surface area contributed by atoms with E-state index in [0.717, 1.165) is 19.5 Å². The molecule has 94 valence electrons. The monoisotopic (exact) mass is 233 g/mol. The molecular weight excluding hydrogens is 210 g/mol. The summed E-state index contributed by atoms with van der Waals surface area (Å²) in [5.74, 6) is 0.